The molecule has 9 heteroatoms. The Labute approximate surface area is 108 Å². The van der Waals surface area contributed by atoms with Crippen molar-refractivity contribution >= 4 is 32.7 Å². The van der Waals surface area contributed by atoms with Crippen LogP contribution < -0.4 is 33.2 Å². The molecule has 1 heterocycles. The van der Waals surface area contributed by atoms with Crippen LogP contribution in [0.15, 0.2) is 11.5 Å². The molecule has 6 nitrogen and oxygen atoms in total. The summed E-state index contributed by atoms with van der Waals surface area (Å²) in [6.45, 7) is 1.34. The number of rotatable bonds is 2. The van der Waals surface area contributed by atoms with Crippen molar-refractivity contribution in [2.45, 2.75) is 12.2 Å². The van der Waals surface area contributed by atoms with Gasteiger partial charge in [0.2, 0.25) is 0 Å². The van der Waals surface area contributed by atoms with Crippen LogP contribution in [0, 0.1) is 0 Å². The quantitative estimate of drug-likeness (QED) is 0.266. The molecular weight excluding hydrogens is 318 g/mol. The highest BCUT2D eigenvalue weighted by atomic mass is 79.9. The van der Waals surface area contributed by atoms with Gasteiger partial charge in [-0.3, -0.25) is 10.5 Å². The van der Waals surface area contributed by atoms with Gasteiger partial charge in [0.1, 0.15) is 0 Å². The number of hydrogen-bond donors (Lipinski definition) is 3. The third-order valence-electron chi connectivity index (χ3n) is 1.54. The molecule has 0 saturated heterocycles. The van der Waals surface area contributed by atoms with E-state index in [1.54, 1.807) is 6.08 Å². The van der Waals surface area contributed by atoms with Gasteiger partial charge in [0, 0.05) is 17.6 Å². The first kappa shape index (κ1) is 15.5. The number of hydrazine groups is 1. The first-order valence-electron chi connectivity index (χ1n) is 4.12. The Hall–Kier alpha value is -0.540. The van der Waals surface area contributed by atoms with Gasteiger partial charge < -0.3 is 17.0 Å². The number of carbonyl (C=O) groups excluding carboxylic acids is 1. The third-order valence-corrected chi connectivity index (χ3v) is 4.13. The summed E-state index contributed by atoms with van der Waals surface area (Å²) < 4.78 is 22.1. The van der Waals surface area contributed by atoms with Crippen molar-refractivity contribution in [1.82, 2.24) is 5.43 Å². The highest BCUT2D eigenvalue weighted by molar-refractivity contribution is 8.15. The van der Waals surface area contributed by atoms with E-state index in [-0.39, 0.29) is 39.1 Å². The molecule has 0 spiro atoms. The molecule has 0 fully saturated rings. The summed E-state index contributed by atoms with van der Waals surface area (Å²) >= 11 is 1.15. The summed E-state index contributed by atoms with van der Waals surface area (Å²) in [5.41, 5.74) is 7.81. The van der Waals surface area contributed by atoms with Crippen molar-refractivity contribution < 1.29 is 35.3 Å². The lowest BCUT2D eigenvalue weighted by Gasteiger charge is -2.01. The molecule has 16 heavy (non-hydrogen) atoms. The lowest BCUT2D eigenvalue weighted by Crippen LogP contribution is -3.00. The molecule has 0 bridgehead atoms. The minimum Gasteiger partial charge on any atom is -1.00 e. The van der Waals surface area contributed by atoms with Gasteiger partial charge in [-0.15, -0.1) is 0 Å². The molecule has 0 aromatic carbocycles. The van der Waals surface area contributed by atoms with Crippen molar-refractivity contribution in [1.29, 1.82) is 0 Å². The van der Waals surface area contributed by atoms with Crippen LogP contribution in [0.4, 0.5) is 0 Å². The molecule has 0 radical (unpaired) electrons. The zero-order valence-corrected chi connectivity index (χ0v) is 11.7. The summed E-state index contributed by atoms with van der Waals surface area (Å²) in [4.78, 5) is 10.5. The molecule has 0 aromatic heterocycles. The molecule has 1 atom stereocenters. The van der Waals surface area contributed by atoms with E-state index in [9.17, 15) is 13.2 Å². The molecule has 1 unspecified atom stereocenters. The minimum atomic E-state index is -3.06. The van der Waals surface area contributed by atoms with Crippen molar-refractivity contribution in [2.75, 3.05) is 5.75 Å². The Bertz CT molecular complexity index is 419. The smallest absolute Gasteiger partial charge is 0.326 e. The summed E-state index contributed by atoms with van der Waals surface area (Å²) in [5, 5.41) is 3.71. The molecule has 1 aliphatic rings. The number of thioether (sulfide) groups is 1. The van der Waals surface area contributed by atoms with E-state index >= 15 is 0 Å². The van der Waals surface area contributed by atoms with Gasteiger partial charge in [0.25, 0.3) is 5.91 Å². The van der Waals surface area contributed by atoms with Gasteiger partial charge in [0.15, 0.2) is 9.84 Å². The van der Waals surface area contributed by atoms with Crippen LogP contribution in [0.2, 0.25) is 0 Å². The number of amidine groups is 1. The lowest BCUT2D eigenvalue weighted by atomic mass is 10.5. The SMILES string of the molecule is CC(=O)N/[NH+]=C(/N)SC1C=CS(=O)(=O)C1.[Br-]. The van der Waals surface area contributed by atoms with Crippen LogP contribution in [-0.4, -0.2) is 30.5 Å². The van der Waals surface area contributed by atoms with E-state index in [0.717, 1.165) is 11.8 Å². The maximum atomic E-state index is 11.0. The fraction of sp³-hybridized carbons (Fsp3) is 0.429. The van der Waals surface area contributed by atoms with Gasteiger partial charge in [-0.1, -0.05) is 6.08 Å². The molecule has 0 saturated carbocycles. The topological polar surface area (TPSA) is 103 Å². The third kappa shape index (κ3) is 5.52. The molecule has 4 N–H and O–H groups in total. The van der Waals surface area contributed by atoms with Gasteiger partial charge in [-0.05, 0) is 11.8 Å². The second-order valence-corrected chi connectivity index (χ2v) is 6.20. The van der Waals surface area contributed by atoms with Gasteiger partial charge in [-0.2, -0.15) is 10.5 Å². The van der Waals surface area contributed by atoms with Crippen LogP contribution in [0.5, 0.6) is 0 Å². The fourth-order valence-electron chi connectivity index (χ4n) is 0.963. The van der Waals surface area contributed by atoms with E-state index in [1.807, 2.05) is 0 Å². The second kappa shape index (κ2) is 6.26. The van der Waals surface area contributed by atoms with Crippen LogP contribution in [-0.2, 0) is 14.6 Å². The largest absolute Gasteiger partial charge is 1.00 e. The first-order chi connectivity index (χ1) is 6.89. The summed E-state index contributed by atoms with van der Waals surface area (Å²) in [6, 6.07) is 0. The number of hydrogen-bond acceptors (Lipinski definition) is 4. The average molecular weight is 330 g/mol. The van der Waals surface area contributed by atoms with E-state index in [2.05, 4.69) is 10.5 Å². The van der Waals surface area contributed by atoms with Crippen LogP contribution >= 0.6 is 11.8 Å². The molecule has 1 amide bonds. The molecule has 1 aliphatic heterocycles. The summed E-state index contributed by atoms with van der Waals surface area (Å²) in [6.07, 6.45) is 1.57. The maximum Gasteiger partial charge on any atom is 0.326 e. The number of nitrogens with two attached hydrogens (primary N) is 1. The zero-order chi connectivity index (χ0) is 11.5. The predicted molar refractivity (Wildman–Crippen MR) is 58.3 cm³/mol. The minimum absolute atomic E-state index is 0. The number of amides is 1. The Kier molecular flexibility index (Phi) is 6.05. The van der Waals surface area contributed by atoms with E-state index < -0.39 is 9.84 Å². The monoisotopic (exact) mass is 329 g/mol. The summed E-state index contributed by atoms with van der Waals surface area (Å²) in [5.74, 6) is -0.228. The number of nitrogens with one attached hydrogen (secondary N) is 2. The number of halogens is 1. The molecule has 0 aromatic rings. The standard InChI is InChI=1S/C7H11N3O3S2.BrH/c1-5(11)9-10-7(8)14-6-2-3-15(12,13)4-6;/h2-3,6H,4H2,1H3,(H2,8,10)(H,9,11);1H. The van der Waals surface area contributed by atoms with Crippen molar-refractivity contribution in [2.24, 2.45) is 5.73 Å². The molecule has 0 aliphatic carbocycles. The number of carbonyl (C=O) groups is 1. The van der Waals surface area contributed by atoms with E-state index in [1.165, 1.54) is 12.3 Å². The molecular formula is C7H12BrN3O3S2. The van der Waals surface area contributed by atoms with Crippen LogP contribution in [0.25, 0.3) is 0 Å². The first-order valence-corrected chi connectivity index (χ1v) is 6.71. The van der Waals surface area contributed by atoms with Crippen molar-refractivity contribution in [3.8, 4) is 0 Å². The Morgan fingerprint density at radius 2 is 2.25 bits per heavy atom. The average Bonchev–Trinajstić information content (AvgIpc) is 2.42. The molecule has 1 rings (SSSR count). The van der Waals surface area contributed by atoms with Gasteiger partial charge in [0.05, 0.1) is 5.75 Å². The van der Waals surface area contributed by atoms with E-state index in [0.29, 0.717) is 0 Å². The zero-order valence-electron chi connectivity index (χ0n) is 8.44. The van der Waals surface area contributed by atoms with Crippen molar-refractivity contribution in [3.63, 3.8) is 0 Å². The van der Waals surface area contributed by atoms with E-state index in [4.69, 9.17) is 5.73 Å². The maximum absolute atomic E-state index is 11.0. The summed E-state index contributed by atoms with van der Waals surface area (Å²) in [7, 11) is -3.06. The highest BCUT2D eigenvalue weighted by Gasteiger charge is 2.24. The number of hydrazone groups is 1. The highest BCUT2D eigenvalue weighted by Crippen LogP contribution is 2.19. The van der Waals surface area contributed by atoms with Gasteiger partial charge >= 0.3 is 5.17 Å². The Morgan fingerprint density at radius 1 is 1.62 bits per heavy atom. The predicted octanol–water partition coefficient (Wildman–Crippen LogP) is -5.52. The Balaban J connectivity index is 0.00000225. The fourth-order valence-corrected chi connectivity index (χ4v) is 3.61. The Morgan fingerprint density at radius 3 is 2.69 bits per heavy atom. The van der Waals surface area contributed by atoms with Crippen LogP contribution in [0.1, 0.15) is 6.92 Å². The second-order valence-electron chi connectivity index (χ2n) is 2.98. The lowest BCUT2D eigenvalue weighted by molar-refractivity contribution is -0.509. The van der Waals surface area contributed by atoms with Gasteiger partial charge in [-0.25, -0.2) is 8.42 Å². The number of sulfone groups is 1. The normalized spacial score (nSPS) is 22.6. The van der Waals surface area contributed by atoms with Crippen molar-refractivity contribution in [3.05, 3.63) is 11.5 Å². The van der Waals surface area contributed by atoms with Crippen LogP contribution in [0.3, 0.4) is 0 Å². The molecule has 92 valence electrons.